The van der Waals surface area contributed by atoms with E-state index < -0.39 is 0 Å². The molecule has 0 aliphatic rings. The van der Waals surface area contributed by atoms with Gasteiger partial charge in [-0.15, -0.1) is 0 Å². The van der Waals surface area contributed by atoms with Crippen molar-refractivity contribution in [3.8, 4) is 17.6 Å². The molecule has 3 aromatic rings. The molecule has 0 bridgehead atoms. The van der Waals surface area contributed by atoms with Crippen LogP contribution in [0.1, 0.15) is 11.1 Å². The maximum absolute atomic E-state index is 9.66. The Morgan fingerprint density at radius 3 is 2.26 bits per heavy atom. The van der Waals surface area contributed by atoms with Gasteiger partial charge in [-0.25, -0.2) is 0 Å². The van der Waals surface area contributed by atoms with E-state index in [1.165, 1.54) is 10.8 Å². The molecular weight excluding hydrogens is 232 g/mol. The van der Waals surface area contributed by atoms with Gasteiger partial charge in [0.15, 0.2) is 0 Å². The van der Waals surface area contributed by atoms with Gasteiger partial charge in [0.1, 0.15) is 5.75 Å². The highest BCUT2D eigenvalue weighted by Crippen LogP contribution is 2.16. The predicted molar refractivity (Wildman–Crippen MR) is 78.0 cm³/mol. The van der Waals surface area contributed by atoms with Crippen molar-refractivity contribution in [3.05, 3.63) is 77.9 Å². The summed E-state index contributed by atoms with van der Waals surface area (Å²) in [5.41, 5.74) is 1.60. The number of hydrogen-bond acceptors (Lipinski definition) is 1. The summed E-state index contributed by atoms with van der Waals surface area (Å²) in [7, 11) is 0. The molecule has 3 rings (SSSR count). The summed E-state index contributed by atoms with van der Waals surface area (Å²) in [4.78, 5) is 0. The molecule has 1 heteroatoms. The van der Waals surface area contributed by atoms with Crippen molar-refractivity contribution in [1.82, 2.24) is 0 Å². The topological polar surface area (TPSA) is 20.2 Å². The van der Waals surface area contributed by atoms with Gasteiger partial charge in [0.25, 0.3) is 0 Å². The summed E-state index contributed by atoms with van der Waals surface area (Å²) in [6.45, 7) is 0. The Bertz CT molecular complexity index is 791. The van der Waals surface area contributed by atoms with E-state index in [0.717, 1.165) is 5.56 Å². The second-order valence-corrected chi connectivity index (χ2v) is 4.33. The minimum atomic E-state index is 0.218. The lowest BCUT2D eigenvalue weighted by molar-refractivity contribution is 0.473. The molecule has 0 amide bonds. The van der Waals surface area contributed by atoms with Gasteiger partial charge in [-0.2, -0.15) is 0 Å². The van der Waals surface area contributed by atoms with Gasteiger partial charge < -0.3 is 5.11 Å². The average Bonchev–Trinajstić information content (AvgIpc) is 2.46. The standard InChI is InChI=1S/C18H12O/c19-18-8-4-3-6-16(18)12-10-14-9-11-15-5-1-2-7-17(15)13-14/h1-9,11,13,19H. The number of hydrogen-bond donors (Lipinski definition) is 1. The fraction of sp³-hybridized carbons (Fsp3) is 0. The van der Waals surface area contributed by atoms with E-state index in [1.807, 2.05) is 30.3 Å². The van der Waals surface area contributed by atoms with Crippen molar-refractivity contribution >= 4 is 10.8 Å². The first-order valence-electron chi connectivity index (χ1n) is 6.12. The molecule has 0 saturated carbocycles. The molecule has 0 radical (unpaired) electrons. The van der Waals surface area contributed by atoms with E-state index in [2.05, 4.69) is 36.1 Å². The van der Waals surface area contributed by atoms with Crippen LogP contribution in [0.4, 0.5) is 0 Å². The zero-order valence-corrected chi connectivity index (χ0v) is 10.3. The minimum Gasteiger partial charge on any atom is -0.507 e. The maximum atomic E-state index is 9.66. The molecule has 0 spiro atoms. The van der Waals surface area contributed by atoms with Gasteiger partial charge in [-0.05, 0) is 35.0 Å². The van der Waals surface area contributed by atoms with Gasteiger partial charge in [-0.1, -0.05) is 54.3 Å². The highest BCUT2D eigenvalue weighted by molar-refractivity contribution is 5.83. The SMILES string of the molecule is Oc1ccccc1C#Cc1ccc2ccccc2c1. The second-order valence-electron chi connectivity index (χ2n) is 4.33. The number of fused-ring (bicyclic) bond motifs is 1. The third-order valence-electron chi connectivity index (χ3n) is 3.00. The van der Waals surface area contributed by atoms with Crippen molar-refractivity contribution in [2.45, 2.75) is 0 Å². The highest BCUT2D eigenvalue weighted by Gasteiger charge is 1.95. The van der Waals surface area contributed by atoms with Crippen LogP contribution in [0.25, 0.3) is 10.8 Å². The third kappa shape index (κ3) is 2.43. The summed E-state index contributed by atoms with van der Waals surface area (Å²) in [5, 5.41) is 12.0. The van der Waals surface area contributed by atoms with Crippen LogP contribution in [0.15, 0.2) is 66.7 Å². The Morgan fingerprint density at radius 2 is 1.42 bits per heavy atom. The smallest absolute Gasteiger partial charge is 0.131 e. The van der Waals surface area contributed by atoms with Crippen LogP contribution >= 0.6 is 0 Å². The third-order valence-corrected chi connectivity index (χ3v) is 3.00. The van der Waals surface area contributed by atoms with E-state index in [-0.39, 0.29) is 5.75 Å². The van der Waals surface area contributed by atoms with E-state index in [1.54, 1.807) is 12.1 Å². The molecule has 19 heavy (non-hydrogen) atoms. The molecule has 1 nitrogen and oxygen atoms in total. The summed E-state index contributed by atoms with van der Waals surface area (Å²) in [6.07, 6.45) is 0. The maximum Gasteiger partial charge on any atom is 0.131 e. The zero-order valence-electron chi connectivity index (χ0n) is 10.3. The lowest BCUT2D eigenvalue weighted by atomic mass is 10.1. The van der Waals surface area contributed by atoms with Crippen molar-refractivity contribution in [2.24, 2.45) is 0 Å². The fourth-order valence-corrected chi connectivity index (χ4v) is 1.99. The molecule has 0 aliphatic carbocycles. The normalized spacial score (nSPS) is 9.89. The minimum absolute atomic E-state index is 0.218. The summed E-state index contributed by atoms with van der Waals surface area (Å²) in [6, 6.07) is 21.4. The van der Waals surface area contributed by atoms with Gasteiger partial charge in [0, 0.05) is 5.56 Å². The van der Waals surface area contributed by atoms with Gasteiger partial charge in [-0.3, -0.25) is 0 Å². The molecule has 0 aliphatic heterocycles. The molecule has 0 unspecified atom stereocenters. The largest absolute Gasteiger partial charge is 0.507 e. The number of benzene rings is 3. The van der Waals surface area contributed by atoms with Gasteiger partial charge in [0.05, 0.1) is 5.56 Å². The van der Waals surface area contributed by atoms with E-state index in [0.29, 0.717) is 5.56 Å². The Labute approximate surface area is 112 Å². The molecule has 0 fully saturated rings. The molecule has 0 heterocycles. The Morgan fingerprint density at radius 1 is 0.684 bits per heavy atom. The first kappa shape index (κ1) is 11.4. The van der Waals surface area contributed by atoms with Crippen LogP contribution in [0.2, 0.25) is 0 Å². The van der Waals surface area contributed by atoms with Crippen molar-refractivity contribution in [2.75, 3.05) is 0 Å². The monoisotopic (exact) mass is 244 g/mol. The predicted octanol–water partition coefficient (Wildman–Crippen LogP) is 3.95. The van der Waals surface area contributed by atoms with E-state index in [9.17, 15) is 5.11 Å². The second kappa shape index (κ2) is 4.88. The number of phenolic OH excluding ortho intramolecular Hbond substituents is 1. The molecule has 1 N–H and O–H groups in total. The van der Waals surface area contributed by atoms with Crippen LogP contribution in [-0.2, 0) is 0 Å². The Hall–Kier alpha value is -2.72. The molecule has 90 valence electrons. The quantitative estimate of drug-likeness (QED) is 0.594. The average molecular weight is 244 g/mol. The van der Waals surface area contributed by atoms with Gasteiger partial charge in [0.2, 0.25) is 0 Å². The summed E-state index contributed by atoms with van der Waals surface area (Å²) < 4.78 is 0. The van der Waals surface area contributed by atoms with Crippen LogP contribution < -0.4 is 0 Å². The van der Waals surface area contributed by atoms with Crippen LogP contribution in [0.3, 0.4) is 0 Å². The zero-order chi connectivity index (χ0) is 13.1. The molecule has 0 atom stereocenters. The van der Waals surface area contributed by atoms with Crippen LogP contribution in [0, 0.1) is 11.8 Å². The summed E-state index contributed by atoms with van der Waals surface area (Å²) in [5.74, 6) is 6.30. The number of rotatable bonds is 0. The van der Waals surface area contributed by atoms with Crippen LogP contribution in [0.5, 0.6) is 5.75 Å². The highest BCUT2D eigenvalue weighted by atomic mass is 16.3. The lowest BCUT2D eigenvalue weighted by Crippen LogP contribution is -1.78. The van der Waals surface area contributed by atoms with Crippen molar-refractivity contribution in [3.63, 3.8) is 0 Å². The van der Waals surface area contributed by atoms with Crippen molar-refractivity contribution in [1.29, 1.82) is 0 Å². The molecule has 3 aromatic carbocycles. The Balaban J connectivity index is 2.01. The van der Waals surface area contributed by atoms with Crippen LogP contribution in [-0.4, -0.2) is 5.11 Å². The number of para-hydroxylation sites is 1. The fourth-order valence-electron chi connectivity index (χ4n) is 1.99. The summed E-state index contributed by atoms with van der Waals surface area (Å²) >= 11 is 0. The molecular formula is C18H12O. The van der Waals surface area contributed by atoms with Gasteiger partial charge >= 0.3 is 0 Å². The number of aromatic hydroxyl groups is 1. The first-order valence-corrected chi connectivity index (χ1v) is 6.12. The van der Waals surface area contributed by atoms with E-state index >= 15 is 0 Å². The van der Waals surface area contributed by atoms with E-state index in [4.69, 9.17) is 0 Å². The first-order chi connectivity index (χ1) is 9.33. The van der Waals surface area contributed by atoms with Crippen molar-refractivity contribution < 1.29 is 5.11 Å². The number of phenols is 1. The molecule has 0 saturated heterocycles. The Kier molecular flexibility index (Phi) is 2.92. The molecule has 0 aromatic heterocycles. The lowest BCUT2D eigenvalue weighted by Gasteiger charge is -1.97.